The van der Waals surface area contributed by atoms with E-state index in [4.69, 9.17) is 4.42 Å². The number of amides is 1. The minimum atomic E-state index is -0.343. The molecular formula is C12H10FNO2. The lowest BCUT2D eigenvalue weighted by molar-refractivity contribution is 0.102. The lowest BCUT2D eigenvalue weighted by atomic mass is 10.2. The number of carbonyl (C=O) groups is 1. The van der Waals surface area contributed by atoms with E-state index >= 15 is 0 Å². The number of carbonyl (C=O) groups excluding carboxylic acids is 1. The number of nitrogens with one attached hydrogen (secondary N) is 1. The summed E-state index contributed by atoms with van der Waals surface area (Å²) < 4.78 is 18.0. The van der Waals surface area contributed by atoms with E-state index in [1.807, 2.05) is 0 Å². The van der Waals surface area contributed by atoms with Gasteiger partial charge in [-0.3, -0.25) is 4.79 Å². The van der Waals surface area contributed by atoms with E-state index in [2.05, 4.69) is 5.32 Å². The molecule has 1 aromatic heterocycles. The predicted molar refractivity (Wildman–Crippen MR) is 57.8 cm³/mol. The van der Waals surface area contributed by atoms with Gasteiger partial charge < -0.3 is 9.73 Å². The zero-order valence-electron chi connectivity index (χ0n) is 8.66. The Kier molecular flexibility index (Phi) is 2.72. The summed E-state index contributed by atoms with van der Waals surface area (Å²) in [6.07, 6.45) is 2.74. The second-order valence-electron chi connectivity index (χ2n) is 3.43. The molecule has 0 aliphatic heterocycles. The number of hydrogen-bond acceptors (Lipinski definition) is 2. The van der Waals surface area contributed by atoms with Crippen molar-refractivity contribution < 1.29 is 13.6 Å². The zero-order valence-corrected chi connectivity index (χ0v) is 8.66. The van der Waals surface area contributed by atoms with Gasteiger partial charge in [0, 0.05) is 5.69 Å². The maximum absolute atomic E-state index is 13.2. The monoisotopic (exact) mass is 219 g/mol. The molecule has 2 aromatic rings. The van der Waals surface area contributed by atoms with Crippen LogP contribution in [-0.4, -0.2) is 5.91 Å². The Bertz CT molecular complexity index is 506. The summed E-state index contributed by atoms with van der Waals surface area (Å²) in [7, 11) is 0. The molecule has 0 aliphatic rings. The molecule has 0 saturated heterocycles. The lowest BCUT2D eigenvalue weighted by Crippen LogP contribution is -2.10. The summed E-state index contributed by atoms with van der Waals surface area (Å²) in [5.74, 6) is -0.665. The molecule has 0 fully saturated rings. The average Bonchev–Trinajstić information content (AvgIpc) is 2.77. The van der Waals surface area contributed by atoms with E-state index in [-0.39, 0.29) is 11.7 Å². The molecule has 4 heteroatoms. The highest BCUT2D eigenvalue weighted by atomic mass is 19.1. The first-order chi connectivity index (χ1) is 7.66. The highest BCUT2D eigenvalue weighted by molar-refractivity contribution is 6.03. The van der Waals surface area contributed by atoms with Crippen LogP contribution in [0.4, 0.5) is 10.1 Å². The number of aryl methyl sites for hydroxylation is 1. The third kappa shape index (κ3) is 2.11. The standard InChI is InChI=1S/C12H10FNO2/c1-8-2-3-10(6-11(8)13)14-12(15)9-4-5-16-7-9/h2-7H,1H3,(H,14,15). The van der Waals surface area contributed by atoms with Crippen molar-refractivity contribution in [2.45, 2.75) is 6.92 Å². The van der Waals surface area contributed by atoms with Gasteiger partial charge in [-0.2, -0.15) is 0 Å². The highest BCUT2D eigenvalue weighted by Crippen LogP contribution is 2.14. The fraction of sp³-hybridized carbons (Fsp3) is 0.0833. The molecule has 0 saturated carbocycles. The van der Waals surface area contributed by atoms with Crippen LogP contribution in [0.3, 0.4) is 0 Å². The molecule has 82 valence electrons. The Balaban J connectivity index is 2.15. The van der Waals surface area contributed by atoms with Gasteiger partial charge >= 0.3 is 0 Å². The van der Waals surface area contributed by atoms with Crippen LogP contribution >= 0.6 is 0 Å². The highest BCUT2D eigenvalue weighted by Gasteiger charge is 2.07. The first kappa shape index (κ1) is 10.4. The van der Waals surface area contributed by atoms with Crippen molar-refractivity contribution in [2.75, 3.05) is 5.32 Å². The van der Waals surface area contributed by atoms with Crippen molar-refractivity contribution in [1.82, 2.24) is 0 Å². The maximum atomic E-state index is 13.2. The molecule has 3 nitrogen and oxygen atoms in total. The molecule has 2 rings (SSSR count). The van der Waals surface area contributed by atoms with Crippen LogP contribution in [-0.2, 0) is 0 Å². The van der Waals surface area contributed by atoms with Crippen LogP contribution in [0, 0.1) is 12.7 Å². The van der Waals surface area contributed by atoms with Crippen molar-refractivity contribution in [3.8, 4) is 0 Å². The number of anilines is 1. The van der Waals surface area contributed by atoms with Crippen molar-refractivity contribution in [2.24, 2.45) is 0 Å². The fourth-order valence-electron chi connectivity index (χ4n) is 1.27. The number of hydrogen-bond donors (Lipinski definition) is 1. The summed E-state index contributed by atoms with van der Waals surface area (Å²) in [5.41, 5.74) is 1.37. The molecule has 1 heterocycles. The van der Waals surface area contributed by atoms with Gasteiger partial charge in [-0.25, -0.2) is 4.39 Å². The smallest absolute Gasteiger partial charge is 0.258 e. The number of rotatable bonds is 2. The summed E-state index contributed by atoms with van der Waals surface area (Å²) in [4.78, 5) is 11.6. The van der Waals surface area contributed by atoms with E-state index in [1.54, 1.807) is 25.1 Å². The number of furan rings is 1. The van der Waals surface area contributed by atoms with E-state index in [1.165, 1.54) is 18.6 Å². The first-order valence-electron chi connectivity index (χ1n) is 4.76. The van der Waals surface area contributed by atoms with Gasteiger partial charge in [-0.15, -0.1) is 0 Å². The van der Waals surface area contributed by atoms with Crippen molar-refractivity contribution in [1.29, 1.82) is 0 Å². The Labute approximate surface area is 91.9 Å². The predicted octanol–water partition coefficient (Wildman–Crippen LogP) is 2.98. The topological polar surface area (TPSA) is 42.2 Å². The quantitative estimate of drug-likeness (QED) is 0.843. The number of benzene rings is 1. The van der Waals surface area contributed by atoms with Gasteiger partial charge in [0.25, 0.3) is 5.91 Å². The van der Waals surface area contributed by atoms with Gasteiger partial charge in [-0.05, 0) is 30.7 Å². The Morgan fingerprint density at radius 2 is 2.19 bits per heavy atom. The van der Waals surface area contributed by atoms with Crippen molar-refractivity contribution in [3.63, 3.8) is 0 Å². The van der Waals surface area contributed by atoms with Gasteiger partial charge in [0.1, 0.15) is 12.1 Å². The minimum absolute atomic E-state index is 0.322. The second-order valence-corrected chi connectivity index (χ2v) is 3.43. The van der Waals surface area contributed by atoms with Crippen LogP contribution in [0.2, 0.25) is 0 Å². The van der Waals surface area contributed by atoms with Gasteiger partial charge in [0.15, 0.2) is 0 Å². The average molecular weight is 219 g/mol. The maximum Gasteiger partial charge on any atom is 0.258 e. The molecule has 0 aliphatic carbocycles. The summed E-state index contributed by atoms with van der Waals surface area (Å²) in [5, 5.41) is 2.57. The van der Waals surface area contributed by atoms with Crippen LogP contribution < -0.4 is 5.32 Å². The molecule has 0 radical (unpaired) electrons. The van der Waals surface area contributed by atoms with E-state index in [0.29, 0.717) is 16.8 Å². The normalized spacial score (nSPS) is 10.1. The summed E-state index contributed by atoms with van der Waals surface area (Å²) in [6.45, 7) is 1.66. The van der Waals surface area contributed by atoms with Crippen LogP contribution in [0.15, 0.2) is 41.2 Å². The summed E-state index contributed by atoms with van der Waals surface area (Å²) in [6, 6.07) is 6.09. The first-order valence-corrected chi connectivity index (χ1v) is 4.76. The molecule has 16 heavy (non-hydrogen) atoms. The summed E-state index contributed by atoms with van der Waals surface area (Å²) >= 11 is 0. The SMILES string of the molecule is Cc1ccc(NC(=O)c2ccoc2)cc1F. The van der Waals surface area contributed by atoms with Crippen molar-refractivity contribution >= 4 is 11.6 Å². The Morgan fingerprint density at radius 1 is 1.38 bits per heavy atom. The second kappa shape index (κ2) is 4.18. The number of halogens is 1. The third-order valence-electron chi connectivity index (χ3n) is 2.21. The molecule has 0 spiro atoms. The van der Waals surface area contributed by atoms with E-state index in [9.17, 15) is 9.18 Å². The van der Waals surface area contributed by atoms with Crippen LogP contribution in [0.1, 0.15) is 15.9 Å². The van der Waals surface area contributed by atoms with Gasteiger partial charge in [0.2, 0.25) is 0 Å². The Morgan fingerprint density at radius 3 is 2.81 bits per heavy atom. The molecule has 1 aromatic carbocycles. The Hall–Kier alpha value is -2.10. The molecule has 0 atom stereocenters. The lowest BCUT2D eigenvalue weighted by Gasteiger charge is -2.04. The third-order valence-corrected chi connectivity index (χ3v) is 2.21. The van der Waals surface area contributed by atoms with Gasteiger partial charge in [0.05, 0.1) is 11.8 Å². The minimum Gasteiger partial charge on any atom is -0.472 e. The van der Waals surface area contributed by atoms with Crippen LogP contribution in [0.25, 0.3) is 0 Å². The van der Waals surface area contributed by atoms with Gasteiger partial charge in [-0.1, -0.05) is 6.07 Å². The fourth-order valence-corrected chi connectivity index (χ4v) is 1.27. The molecular weight excluding hydrogens is 209 g/mol. The van der Waals surface area contributed by atoms with E-state index in [0.717, 1.165) is 0 Å². The van der Waals surface area contributed by atoms with E-state index < -0.39 is 0 Å². The largest absolute Gasteiger partial charge is 0.472 e. The molecule has 1 amide bonds. The molecule has 0 bridgehead atoms. The molecule has 0 unspecified atom stereocenters. The zero-order chi connectivity index (χ0) is 11.5. The van der Waals surface area contributed by atoms with Crippen LogP contribution in [0.5, 0.6) is 0 Å². The molecule has 1 N–H and O–H groups in total. The van der Waals surface area contributed by atoms with Crippen molar-refractivity contribution in [3.05, 3.63) is 53.7 Å².